The predicted octanol–water partition coefficient (Wildman–Crippen LogP) is 2.14. The van der Waals surface area contributed by atoms with Crippen molar-refractivity contribution in [1.82, 2.24) is 4.90 Å². The lowest BCUT2D eigenvalue weighted by Gasteiger charge is -2.16. The second-order valence-corrected chi connectivity index (χ2v) is 5.08. The van der Waals surface area contributed by atoms with Gasteiger partial charge in [0.1, 0.15) is 0 Å². The van der Waals surface area contributed by atoms with Crippen molar-refractivity contribution in [2.75, 3.05) is 18.9 Å². The number of anilines is 1. The lowest BCUT2D eigenvalue weighted by Crippen LogP contribution is -2.33. The number of nitro benzene ring substituents is 1. The van der Waals surface area contributed by atoms with Crippen LogP contribution in [-0.4, -0.2) is 40.5 Å². The lowest BCUT2D eigenvalue weighted by atomic mass is 10.3. The first kappa shape index (κ1) is 16.1. The number of benzene rings is 1. The first-order valence-electron chi connectivity index (χ1n) is 5.49. The van der Waals surface area contributed by atoms with Crippen molar-refractivity contribution in [2.45, 2.75) is 6.42 Å². The molecule has 0 atom stereocenters. The van der Waals surface area contributed by atoms with E-state index in [2.05, 4.69) is 5.32 Å². The maximum atomic E-state index is 11.7. The molecular weight excluding hydrogens is 381 g/mol. The van der Waals surface area contributed by atoms with Crippen LogP contribution in [0, 0.1) is 13.7 Å². The number of nitrogens with one attached hydrogen (secondary N) is 1. The van der Waals surface area contributed by atoms with E-state index in [1.807, 2.05) is 0 Å². The minimum atomic E-state index is -0.991. The van der Waals surface area contributed by atoms with Crippen molar-refractivity contribution in [1.29, 1.82) is 0 Å². The molecule has 0 saturated carbocycles. The average Bonchev–Trinajstić information content (AvgIpc) is 2.35. The molecule has 9 heteroatoms. The largest absolute Gasteiger partial charge is 0.481 e. The Bertz CT molecular complexity index is 549. The molecule has 0 aromatic heterocycles. The van der Waals surface area contributed by atoms with Crippen molar-refractivity contribution in [3.8, 4) is 0 Å². The number of hydrogen-bond acceptors (Lipinski definition) is 4. The predicted molar refractivity (Wildman–Crippen MR) is 79.7 cm³/mol. The quantitative estimate of drug-likeness (QED) is 0.452. The van der Waals surface area contributed by atoms with E-state index in [0.29, 0.717) is 9.26 Å². The van der Waals surface area contributed by atoms with Gasteiger partial charge in [-0.15, -0.1) is 0 Å². The third-order valence-electron chi connectivity index (χ3n) is 2.40. The highest BCUT2D eigenvalue weighted by Gasteiger charge is 2.14. The molecular formula is C11H12IN3O5. The van der Waals surface area contributed by atoms with Crippen molar-refractivity contribution < 1.29 is 19.6 Å². The number of carboxylic acid groups (broad SMARTS) is 1. The van der Waals surface area contributed by atoms with Crippen LogP contribution in [0.25, 0.3) is 0 Å². The molecule has 0 bridgehead atoms. The Morgan fingerprint density at radius 1 is 1.50 bits per heavy atom. The molecule has 0 aliphatic heterocycles. The molecule has 0 unspecified atom stereocenters. The van der Waals surface area contributed by atoms with Gasteiger partial charge in [0.15, 0.2) is 0 Å². The van der Waals surface area contributed by atoms with Crippen molar-refractivity contribution in [3.63, 3.8) is 0 Å². The standard InChI is InChI=1S/C11H12IN3O5/c1-14(5-4-10(16)17)11(18)13-7-2-3-9(15(19)20)8(12)6-7/h2-3,6H,4-5H2,1H3,(H,13,18)(H,16,17). The highest BCUT2D eigenvalue weighted by atomic mass is 127. The summed E-state index contributed by atoms with van der Waals surface area (Å²) in [6.07, 6.45) is -0.151. The van der Waals surface area contributed by atoms with Gasteiger partial charge < -0.3 is 15.3 Å². The van der Waals surface area contributed by atoms with Crippen LogP contribution in [0.2, 0.25) is 0 Å². The highest BCUT2D eigenvalue weighted by Crippen LogP contribution is 2.24. The molecule has 2 amide bonds. The Kier molecular flexibility index (Phi) is 5.67. The smallest absolute Gasteiger partial charge is 0.321 e. The Morgan fingerprint density at radius 2 is 2.15 bits per heavy atom. The zero-order chi connectivity index (χ0) is 15.3. The van der Waals surface area contributed by atoms with E-state index in [0.717, 1.165) is 0 Å². The average molecular weight is 393 g/mol. The van der Waals surface area contributed by atoms with E-state index in [4.69, 9.17) is 5.11 Å². The highest BCUT2D eigenvalue weighted by molar-refractivity contribution is 14.1. The van der Waals surface area contributed by atoms with Crippen LogP contribution < -0.4 is 5.32 Å². The van der Waals surface area contributed by atoms with Gasteiger partial charge in [0, 0.05) is 25.3 Å². The summed E-state index contributed by atoms with van der Waals surface area (Å²) in [6.45, 7) is 0.0746. The van der Waals surface area contributed by atoms with E-state index < -0.39 is 16.9 Å². The van der Waals surface area contributed by atoms with Gasteiger partial charge in [-0.3, -0.25) is 14.9 Å². The van der Waals surface area contributed by atoms with Gasteiger partial charge in [-0.25, -0.2) is 4.79 Å². The normalized spacial score (nSPS) is 9.90. The topological polar surface area (TPSA) is 113 Å². The van der Waals surface area contributed by atoms with Crippen molar-refractivity contribution in [2.24, 2.45) is 0 Å². The molecule has 1 rings (SSSR count). The summed E-state index contributed by atoms with van der Waals surface area (Å²) >= 11 is 1.81. The van der Waals surface area contributed by atoms with E-state index in [1.54, 1.807) is 22.6 Å². The Hall–Kier alpha value is -1.91. The van der Waals surface area contributed by atoms with Crippen LogP contribution in [-0.2, 0) is 4.79 Å². The summed E-state index contributed by atoms with van der Waals surface area (Å²) in [5.41, 5.74) is 0.370. The zero-order valence-corrected chi connectivity index (χ0v) is 12.7. The second kappa shape index (κ2) is 7.03. The van der Waals surface area contributed by atoms with Gasteiger partial charge >= 0.3 is 12.0 Å². The number of hydrogen-bond donors (Lipinski definition) is 2. The number of rotatable bonds is 5. The number of aliphatic carboxylic acids is 1. The monoisotopic (exact) mass is 393 g/mol. The summed E-state index contributed by atoms with van der Waals surface area (Å²) in [6, 6.07) is 3.72. The third-order valence-corrected chi connectivity index (χ3v) is 3.27. The minimum Gasteiger partial charge on any atom is -0.481 e. The number of urea groups is 1. The Balaban J connectivity index is 2.69. The number of nitro groups is 1. The number of halogens is 1. The number of carbonyl (C=O) groups excluding carboxylic acids is 1. The minimum absolute atomic E-state index is 0.0390. The summed E-state index contributed by atoms with van der Waals surface area (Å²) in [4.78, 5) is 33.5. The van der Waals surface area contributed by atoms with Gasteiger partial charge in [0.05, 0.1) is 14.9 Å². The molecule has 0 fully saturated rings. The van der Waals surface area contributed by atoms with E-state index in [-0.39, 0.29) is 18.7 Å². The molecule has 1 aromatic carbocycles. The lowest BCUT2D eigenvalue weighted by molar-refractivity contribution is -0.385. The molecule has 108 valence electrons. The number of amides is 2. The number of carbonyl (C=O) groups is 2. The van der Waals surface area contributed by atoms with Gasteiger partial charge in [0.25, 0.3) is 5.69 Å². The summed E-state index contributed by atoms with van der Waals surface area (Å²) < 4.78 is 0.401. The SMILES string of the molecule is CN(CCC(=O)O)C(=O)Nc1ccc([N+](=O)[O-])c(I)c1. The van der Waals surface area contributed by atoms with Crippen molar-refractivity contribution in [3.05, 3.63) is 31.9 Å². The van der Waals surface area contributed by atoms with Gasteiger partial charge in [0.2, 0.25) is 0 Å². The molecule has 8 nitrogen and oxygen atoms in total. The van der Waals surface area contributed by atoms with Crippen LogP contribution in [0.1, 0.15) is 6.42 Å². The fourth-order valence-corrected chi connectivity index (χ4v) is 2.03. The maximum absolute atomic E-state index is 11.7. The fraction of sp³-hybridized carbons (Fsp3) is 0.273. The van der Waals surface area contributed by atoms with E-state index >= 15 is 0 Å². The van der Waals surface area contributed by atoms with Crippen LogP contribution in [0.3, 0.4) is 0 Å². The third kappa shape index (κ3) is 4.64. The summed E-state index contributed by atoms with van der Waals surface area (Å²) in [5, 5.41) is 21.7. The number of nitrogens with zero attached hydrogens (tertiary/aromatic N) is 2. The van der Waals surface area contributed by atoms with Crippen LogP contribution in [0.5, 0.6) is 0 Å². The zero-order valence-electron chi connectivity index (χ0n) is 10.5. The van der Waals surface area contributed by atoms with Crippen LogP contribution in [0.15, 0.2) is 18.2 Å². The molecule has 0 spiro atoms. The Morgan fingerprint density at radius 3 is 2.65 bits per heavy atom. The molecule has 0 heterocycles. The first-order chi connectivity index (χ1) is 9.31. The van der Waals surface area contributed by atoms with E-state index in [9.17, 15) is 19.7 Å². The van der Waals surface area contributed by atoms with Crippen LogP contribution in [0.4, 0.5) is 16.2 Å². The number of carboxylic acids is 1. The van der Waals surface area contributed by atoms with Crippen molar-refractivity contribution >= 4 is 46.0 Å². The molecule has 1 aromatic rings. The van der Waals surface area contributed by atoms with Gasteiger partial charge in [-0.1, -0.05) is 0 Å². The molecule has 0 saturated heterocycles. The van der Waals surface area contributed by atoms with E-state index in [1.165, 1.54) is 30.1 Å². The first-order valence-corrected chi connectivity index (χ1v) is 6.57. The molecule has 2 N–H and O–H groups in total. The van der Waals surface area contributed by atoms with Gasteiger partial charge in [-0.2, -0.15) is 0 Å². The maximum Gasteiger partial charge on any atom is 0.321 e. The summed E-state index contributed by atoms with van der Waals surface area (Å²) in [7, 11) is 1.47. The van der Waals surface area contributed by atoms with Gasteiger partial charge in [-0.05, 0) is 34.7 Å². The molecule has 0 radical (unpaired) electrons. The summed E-state index contributed by atoms with van der Waals surface area (Å²) in [5.74, 6) is -0.991. The second-order valence-electron chi connectivity index (χ2n) is 3.92. The molecule has 0 aliphatic rings. The molecule has 0 aliphatic carbocycles. The fourth-order valence-electron chi connectivity index (χ4n) is 1.32. The van der Waals surface area contributed by atoms with Crippen LogP contribution >= 0.6 is 22.6 Å². The Labute approximate surface area is 128 Å². The molecule has 20 heavy (non-hydrogen) atoms.